The molecule has 0 aliphatic carbocycles. The summed E-state index contributed by atoms with van der Waals surface area (Å²) in [4.78, 5) is 7.37. The van der Waals surface area contributed by atoms with Crippen molar-refractivity contribution in [3.8, 4) is 0 Å². The molecule has 0 amide bonds. The number of rotatable bonds is 2. The number of thioether (sulfide) groups is 1. The maximum atomic E-state index is 12.9. The van der Waals surface area contributed by atoms with Gasteiger partial charge in [-0.1, -0.05) is 0 Å². The van der Waals surface area contributed by atoms with Gasteiger partial charge in [-0.2, -0.15) is 9.37 Å². The topological polar surface area (TPSA) is 35.0 Å². The fraction of sp³-hybridized carbons (Fsp3) is 0.600. The number of aromatic nitrogens is 2. The molecule has 0 N–H and O–H groups in total. The lowest BCUT2D eigenvalue weighted by Crippen LogP contribution is -2.13. The largest absolute Gasteiger partial charge is 0.377 e. The van der Waals surface area contributed by atoms with Crippen LogP contribution in [0.3, 0.4) is 0 Å². The van der Waals surface area contributed by atoms with E-state index >= 15 is 0 Å². The predicted octanol–water partition coefficient (Wildman–Crippen LogP) is 2.19. The lowest BCUT2D eigenvalue weighted by molar-refractivity contribution is 0.127. The van der Waals surface area contributed by atoms with E-state index in [1.54, 1.807) is 24.8 Å². The van der Waals surface area contributed by atoms with Crippen molar-refractivity contribution in [2.75, 3.05) is 6.61 Å². The van der Waals surface area contributed by atoms with Crippen LogP contribution in [0.4, 0.5) is 4.39 Å². The van der Waals surface area contributed by atoms with Crippen LogP contribution in [0.15, 0.2) is 11.1 Å². The van der Waals surface area contributed by atoms with Crippen molar-refractivity contribution in [2.45, 2.75) is 36.6 Å². The first-order valence-electron chi connectivity index (χ1n) is 4.94. The molecule has 2 atom stereocenters. The summed E-state index contributed by atoms with van der Waals surface area (Å²) in [6.07, 6.45) is 0.564. The van der Waals surface area contributed by atoms with Gasteiger partial charge in [0.25, 0.3) is 0 Å². The van der Waals surface area contributed by atoms with E-state index < -0.39 is 6.08 Å². The number of ether oxygens (including phenoxy) is 1. The molecule has 1 aliphatic heterocycles. The summed E-state index contributed by atoms with van der Waals surface area (Å²) in [5.41, 5.74) is 0.663. The van der Waals surface area contributed by atoms with Crippen LogP contribution in [0, 0.1) is 13.0 Å². The quantitative estimate of drug-likeness (QED) is 0.574. The Hall–Kier alpha value is -0.680. The van der Waals surface area contributed by atoms with Gasteiger partial charge in [0.15, 0.2) is 0 Å². The molecule has 1 aromatic rings. The normalized spacial score (nSPS) is 25.8. The molecule has 1 aromatic heterocycles. The fourth-order valence-electron chi connectivity index (χ4n) is 1.59. The van der Waals surface area contributed by atoms with Crippen molar-refractivity contribution in [2.24, 2.45) is 0 Å². The zero-order valence-corrected chi connectivity index (χ0v) is 9.55. The molecular formula is C10H13FN2OS. The predicted molar refractivity (Wildman–Crippen MR) is 56.4 cm³/mol. The minimum atomic E-state index is -0.649. The number of hydrogen-bond acceptors (Lipinski definition) is 4. The maximum Gasteiger partial charge on any atom is 0.309 e. The molecule has 0 bridgehead atoms. The number of hydrogen-bond donors (Lipinski definition) is 0. The zero-order valence-electron chi connectivity index (χ0n) is 8.74. The molecular weight excluding hydrogens is 215 g/mol. The first-order valence-corrected chi connectivity index (χ1v) is 5.82. The Morgan fingerprint density at radius 2 is 2.33 bits per heavy atom. The summed E-state index contributed by atoms with van der Waals surface area (Å²) in [6, 6.07) is 1.80. The second-order valence-corrected chi connectivity index (χ2v) is 4.90. The Labute approximate surface area is 92.5 Å². The van der Waals surface area contributed by atoms with E-state index in [-0.39, 0.29) is 6.10 Å². The first kappa shape index (κ1) is 10.8. The standard InChI is InChI=1S/C10H13FN2OS/c1-6-5-9(13-10(11)12-6)15-8-3-4-14-7(8)2/h5,7-8H,3-4H2,1-2H3. The van der Waals surface area contributed by atoms with Crippen molar-refractivity contribution in [1.82, 2.24) is 9.97 Å². The van der Waals surface area contributed by atoms with Gasteiger partial charge < -0.3 is 4.74 Å². The van der Waals surface area contributed by atoms with E-state index in [9.17, 15) is 4.39 Å². The van der Waals surface area contributed by atoms with E-state index in [2.05, 4.69) is 9.97 Å². The van der Waals surface area contributed by atoms with Crippen LogP contribution < -0.4 is 0 Å². The van der Waals surface area contributed by atoms with E-state index in [1.165, 1.54) is 0 Å². The van der Waals surface area contributed by atoms with Crippen LogP contribution in [0.25, 0.3) is 0 Å². The van der Waals surface area contributed by atoms with Crippen LogP contribution in [-0.2, 0) is 4.74 Å². The Kier molecular flexibility index (Phi) is 3.21. The molecule has 0 saturated carbocycles. The Balaban J connectivity index is 2.10. The highest BCUT2D eigenvalue weighted by molar-refractivity contribution is 7.99. The van der Waals surface area contributed by atoms with Crippen molar-refractivity contribution < 1.29 is 9.13 Å². The third kappa shape index (κ3) is 2.66. The van der Waals surface area contributed by atoms with Gasteiger partial charge in [-0.05, 0) is 26.3 Å². The summed E-state index contributed by atoms with van der Waals surface area (Å²) in [6.45, 7) is 4.59. The van der Waals surface area contributed by atoms with Crippen LogP contribution in [0.1, 0.15) is 19.0 Å². The van der Waals surface area contributed by atoms with Crippen molar-refractivity contribution >= 4 is 11.8 Å². The summed E-state index contributed by atoms with van der Waals surface area (Å²) in [5, 5.41) is 1.07. The highest BCUT2D eigenvalue weighted by Gasteiger charge is 2.25. The van der Waals surface area contributed by atoms with E-state index in [4.69, 9.17) is 4.74 Å². The van der Waals surface area contributed by atoms with Gasteiger partial charge in [0.2, 0.25) is 0 Å². The van der Waals surface area contributed by atoms with Gasteiger partial charge >= 0.3 is 6.08 Å². The zero-order chi connectivity index (χ0) is 10.8. The molecule has 2 heterocycles. The van der Waals surface area contributed by atoms with Gasteiger partial charge in [0.1, 0.15) is 5.03 Å². The molecule has 15 heavy (non-hydrogen) atoms. The van der Waals surface area contributed by atoms with Crippen molar-refractivity contribution in [3.05, 3.63) is 17.8 Å². The maximum absolute atomic E-state index is 12.9. The van der Waals surface area contributed by atoms with Gasteiger partial charge in [0.05, 0.1) is 6.10 Å². The molecule has 1 aliphatic rings. The van der Waals surface area contributed by atoms with Gasteiger partial charge in [-0.3, -0.25) is 0 Å². The monoisotopic (exact) mass is 228 g/mol. The molecule has 0 spiro atoms. The van der Waals surface area contributed by atoms with Crippen molar-refractivity contribution in [3.63, 3.8) is 0 Å². The van der Waals surface area contributed by atoms with E-state index in [0.29, 0.717) is 16.0 Å². The van der Waals surface area contributed by atoms with Gasteiger partial charge in [-0.15, -0.1) is 11.8 Å². The number of nitrogens with zero attached hydrogens (tertiary/aromatic N) is 2. The fourth-order valence-corrected chi connectivity index (χ4v) is 2.75. The molecule has 82 valence electrons. The summed E-state index contributed by atoms with van der Waals surface area (Å²) in [7, 11) is 0. The third-order valence-electron chi connectivity index (χ3n) is 2.38. The van der Waals surface area contributed by atoms with E-state index in [0.717, 1.165) is 13.0 Å². The van der Waals surface area contributed by atoms with Crippen LogP contribution in [0.2, 0.25) is 0 Å². The summed E-state index contributed by atoms with van der Waals surface area (Å²) in [5.74, 6) is 0. The molecule has 1 saturated heterocycles. The summed E-state index contributed by atoms with van der Waals surface area (Å²) < 4.78 is 18.4. The first-order chi connectivity index (χ1) is 7.15. The smallest absolute Gasteiger partial charge is 0.309 e. The highest BCUT2D eigenvalue weighted by atomic mass is 32.2. The van der Waals surface area contributed by atoms with Gasteiger partial charge in [0, 0.05) is 17.6 Å². The molecule has 3 nitrogen and oxygen atoms in total. The molecule has 5 heteroatoms. The average Bonchev–Trinajstić information content (AvgIpc) is 2.50. The van der Waals surface area contributed by atoms with Crippen LogP contribution in [-0.4, -0.2) is 27.9 Å². The van der Waals surface area contributed by atoms with E-state index in [1.807, 2.05) is 6.92 Å². The second kappa shape index (κ2) is 4.45. The lowest BCUT2D eigenvalue weighted by atomic mass is 10.3. The van der Waals surface area contributed by atoms with Gasteiger partial charge in [-0.25, -0.2) is 4.98 Å². The molecule has 1 fully saturated rings. The van der Waals surface area contributed by atoms with Crippen LogP contribution >= 0.6 is 11.8 Å². The number of aryl methyl sites for hydroxylation is 1. The Morgan fingerprint density at radius 1 is 1.53 bits per heavy atom. The Bertz CT molecular complexity index is 341. The Morgan fingerprint density at radius 3 is 2.93 bits per heavy atom. The number of halogens is 1. The SMILES string of the molecule is Cc1cc(SC2CCOC2C)nc(F)n1. The molecule has 2 unspecified atom stereocenters. The highest BCUT2D eigenvalue weighted by Crippen LogP contribution is 2.31. The minimum Gasteiger partial charge on any atom is -0.377 e. The third-order valence-corrected chi connectivity index (χ3v) is 3.75. The molecule has 0 radical (unpaired) electrons. The van der Waals surface area contributed by atoms with Crippen LogP contribution in [0.5, 0.6) is 0 Å². The average molecular weight is 228 g/mol. The lowest BCUT2D eigenvalue weighted by Gasteiger charge is -2.12. The molecule has 0 aromatic carbocycles. The van der Waals surface area contributed by atoms with Crippen molar-refractivity contribution in [1.29, 1.82) is 0 Å². The molecule has 2 rings (SSSR count). The second-order valence-electron chi connectivity index (χ2n) is 3.64. The minimum absolute atomic E-state index is 0.216. The summed E-state index contributed by atoms with van der Waals surface area (Å²) >= 11 is 1.57.